The number of nitrogens with zero attached hydrogens (tertiary/aromatic N) is 3. The summed E-state index contributed by atoms with van der Waals surface area (Å²) in [5.41, 5.74) is 1.59. The Morgan fingerprint density at radius 2 is 2.00 bits per heavy atom. The van der Waals surface area contributed by atoms with Gasteiger partial charge in [0.2, 0.25) is 5.88 Å². The Balaban J connectivity index is 2.47. The van der Waals surface area contributed by atoms with Gasteiger partial charge in [-0.2, -0.15) is 0 Å². The minimum absolute atomic E-state index is 0.554. The predicted octanol–water partition coefficient (Wildman–Crippen LogP) is 1.90. The van der Waals surface area contributed by atoms with E-state index < -0.39 is 0 Å². The molecule has 0 unspecified atom stereocenters. The molecule has 2 rings (SSSR count). The molecule has 17 heavy (non-hydrogen) atoms. The van der Waals surface area contributed by atoms with Crippen molar-refractivity contribution >= 4 is 5.82 Å². The minimum atomic E-state index is 0.554. The van der Waals surface area contributed by atoms with Crippen molar-refractivity contribution in [2.75, 3.05) is 19.5 Å². The van der Waals surface area contributed by atoms with Crippen LogP contribution in [0.2, 0.25) is 0 Å². The summed E-state index contributed by atoms with van der Waals surface area (Å²) in [6, 6.07) is 7.39. The van der Waals surface area contributed by atoms with Gasteiger partial charge in [-0.3, -0.25) is 0 Å². The molecule has 2 heterocycles. The standard InChI is InChI=1S/C12H14N4O/c1-8-7-10(13-2)16-12(14-8)9-5-4-6-11(15-9)17-3/h4-7H,1-3H3,(H,13,14,16). The molecule has 0 aliphatic rings. The van der Waals surface area contributed by atoms with Crippen LogP contribution >= 0.6 is 0 Å². The van der Waals surface area contributed by atoms with Crippen LogP contribution in [0.1, 0.15) is 5.69 Å². The van der Waals surface area contributed by atoms with E-state index in [9.17, 15) is 0 Å². The first-order valence-corrected chi connectivity index (χ1v) is 5.28. The third-order valence-electron chi connectivity index (χ3n) is 2.27. The molecule has 5 nitrogen and oxygen atoms in total. The van der Waals surface area contributed by atoms with Gasteiger partial charge in [0.15, 0.2) is 5.82 Å². The molecule has 0 fully saturated rings. The largest absolute Gasteiger partial charge is 0.481 e. The first kappa shape index (κ1) is 11.3. The number of nitrogens with one attached hydrogen (secondary N) is 1. The fraction of sp³-hybridized carbons (Fsp3) is 0.250. The zero-order valence-electron chi connectivity index (χ0n) is 10.1. The second-order valence-corrected chi connectivity index (χ2v) is 3.53. The normalized spacial score (nSPS) is 10.1. The van der Waals surface area contributed by atoms with Gasteiger partial charge in [-0.1, -0.05) is 6.07 Å². The van der Waals surface area contributed by atoms with Crippen LogP contribution in [0.15, 0.2) is 24.3 Å². The lowest BCUT2D eigenvalue weighted by atomic mass is 10.3. The number of methoxy groups -OCH3 is 1. The van der Waals surface area contributed by atoms with Gasteiger partial charge < -0.3 is 10.1 Å². The van der Waals surface area contributed by atoms with E-state index in [0.717, 1.165) is 11.5 Å². The van der Waals surface area contributed by atoms with E-state index in [1.165, 1.54) is 0 Å². The van der Waals surface area contributed by atoms with Crippen molar-refractivity contribution in [2.45, 2.75) is 6.92 Å². The molecule has 0 aliphatic heterocycles. The van der Waals surface area contributed by atoms with Gasteiger partial charge in [-0.15, -0.1) is 0 Å². The van der Waals surface area contributed by atoms with E-state index in [2.05, 4.69) is 20.3 Å². The van der Waals surface area contributed by atoms with Gasteiger partial charge in [-0.05, 0) is 13.0 Å². The van der Waals surface area contributed by atoms with Gasteiger partial charge in [-0.25, -0.2) is 15.0 Å². The zero-order chi connectivity index (χ0) is 12.3. The van der Waals surface area contributed by atoms with Crippen LogP contribution < -0.4 is 10.1 Å². The van der Waals surface area contributed by atoms with Crippen molar-refractivity contribution in [2.24, 2.45) is 0 Å². The number of hydrogen-bond acceptors (Lipinski definition) is 5. The highest BCUT2D eigenvalue weighted by Crippen LogP contribution is 2.18. The quantitative estimate of drug-likeness (QED) is 0.872. The number of anilines is 1. The lowest BCUT2D eigenvalue weighted by Crippen LogP contribution is -2.00. The van der Waals surface area contributed by atoms with Crippen LogP contribution in [0, 0.1) is 6.92 Å². The van der Waals surface area contributed by atoms with Gasteiger partial charge >= 0.3 is 0 Å². The molecule has 0 amide bonds. The predicted molar refractivity (Wildman–Crippen MR) is 66.1 cm³/mol. The highest BCUT2D eigenvalue weighted by molar-refractivity contribution is 5.53. The van der Waals surface area contributed by atoms with Crippen LogP contribution in [0.5, 0.6) is 5.88 Å². The summed E-state index contributed by atoms with van der Waals surface area (Å²) in [6.07, 6.45) is 0. The smallest absolute Gasteiger partial charge is 0.213 e. The first-order valence-electron chi connectivity index (χ1n) is 5.28. The Kier molecular flexibility index (Phi) is 3.18. The highest BCUT2D eigenvalue weighted by Gasteiger charge is 2.06. The van der Waals surface area contributed by atoms with Crippen LogP contribution in [-0.4, -0.2) is 29.1 Å². The van der Waals surface area contributed by atoms with E-state index in [1.807, 2.05) is 32.2 Å². The molecule has 0 spiro atoms. The second kappa shape index (κ2) is 4.78. The van der Waals surface area contributed by atoms with Crippen molar-refractivity contribution < 1.29 is 4.74 Å². The summed E-state index contributed by atoms with van der Waals surface area (Å²) in [7, 11) is 3.41. The SMILES string of the molecule is CNc1cc(C)nc(-c2cccc(OC)n2)n1. The Morgan fingerprint density at radius 1 is 1.18 bits per heavy atom. The van der Waals surface area contributed by atoms with E-state index in [-0.39, 0.29) is 0 Å². The van der Waals surface area contributed by atoms with Gasteiger partial charge in [0, 0.05) is 24.9 Å². The molecule has 0 aliphatic carbocycles. The summed E-state index contributed by atoms with van der Waals surface area (Å²) in [5.74, 6) is 1.92. The molecule has 88 valence electrons. The number of hydrogen-bond donors (Lipinski definition) is 1. The highest BCUT2D eigenvalue weighted by atomic mass is 16.5. The molecule has 0 bridgehead atoms. The lowest BCUT2D eigenvalue weighted by molar-refractivity contribution is 0.398. The van der Waals surface area contributed by atoms with Crippen molar-refractivity contribution in [1.82, 2.24) is 15.0 Å². The Hall–Kier alpha value is -2.17. The average Bonchev–Trinajstić information content (AvgIpc) is 2.38. The molecule has 5 heteroatoms. The summed E-state index contributed by atoms with van der Waals surface area (Å²) in [4.78, 5) is 13.0. The zero-order valence-corrected chi connectivity index (χ0v) is 10.1. The van der Waals surface area contributed by atoms with Crippen molar-refractivity contribution in [3.8, 4) is 17.4 Å². The van der Waals surface area contributed by atoms with E-state index in [0.29, 0.717) is 17.4 Å². The fourth-order valence-corrected chi connectivity index (χ4v) is 1.46. The topological polar surface area (TPSA) is 59.9 Å². The number of aromatic nitrogens is 3. The van der Waals surface area contributed by atoms with E-state index >= 15 is 0 Å². The molecular formula is C12H14N4O. The molecule has 2 aromatic rings. The van der Waals surface area contributed by atoms with Crippen LogP contribution in [0.3, 0.4) is 0 Å². The monoisotopic (exact) mass is 230 g/mol. The lowest BCUT2D eigenvalue weighted by Gasteiger charge is -2.05. The summed E-state index contributed by atoms with van der Waals surface area (Å²) in [6.45, 7) is 1.92. The molecule has 0 aromatic carbocycles. The maximum Gasteiger partial charge on any atom is 0.213 e. The average molecular weight is 230 g/mol. The molecule has 0 radical (unpaired) electrons. The molecule has 0 saturated carbocycles. The third-order valence-corrected chi connectivity index (χ3v) is 2.27. The summed E-state index contributed by atoms with van der Waals surface area (Å²) in [5, 5.41) is 3.00. The number of pyridine rings is 1. The number of aryl methyl sites for hydroxylation is 1. The van der Waals surface area contributed by atoms with Crippen LogP contribution in [0.4, 0.5) is 5.82 Å². The summed E-state index contributed by atoms with van der Waals surface area (Å²) >= 11 is 0. The Bertz CT molecular complexity index is 528. The number of rotatable bonds is 3. The first-order chi connectivity index (χ1) is 8.22. The molecule has 0 saturated heterocycles. The van der Waals surface area contributed by atoms with Gasteiger partial charge in [0.25, 0.3) is 0 Å². The third kappa shape index (κ3) is 2.50. The Morgan fingerprint density at radius 3 is 2.71 bits per heavy atom. The maximum absolute atomic E-state index is 5.08. The molecule has 1 N–H and O–H groups in total. The van der Waals surface area contributed by atoms with Gasteiger partial charge in [0.1, 0.15) is 11.5 Å². The van der Waals surface area contributed by atoms with Gasteiger partial charge in [0.05, 0.1) is 7.11 Å². The Labute approximate surface area is 99.9 Å². The fourth-order valence-electron chi connectivity index (χ4n) is 1.46. The summed E-state index contributed by atoms with van der Waals surface area (Å²) < 4.78 is 5.08. The molecule has 2 aromatic heterocycles. The van der Waals surface area contributed by atoms with Crippen molar-refractivity contribution in [3.63, 3.8) is 0 Å². The molecule has 0 atom stereocenters. The maximum atomic E-state index is 5.08. The minimum Gasteiger partial charge on any atom is -0.481 e. The molecular weight excluding hydrogens is 216 g/mol. The van der Waals surface area contributed by atoms with Crippen LogP contribution in [0.25, 0.3) is 11.5 Å². The van der Waals surface area contributed by atoms with E-state index in [1.54, 1.807) is 13.2 Å². The van der Waals surface area contributed by atoms with E-state index in [4.69, 9.17) is 4.74 Å². The number of ether oxygens (including phenoxy) is 1. The van der Waals surface area contributed by atoms with Crippen LogP contribution in [-0.2, 0) is 0 Å². The second-order valence-electron chi connectivity index (χ2n) is 3.53. The van der Waals surface area contributed by atoms with Crippen molar-refractivity contribution in [3.05, 3.63) is 30.0 Å². The van der Waals surface area contributed by atoms with Crippen molar-refractivity contribution in [1.29, 1.82) is 0 Å².